The van der Waals surface area contributed by atoms with Crippen LogP contribution in [0.2, 0.25) is 0 Å². The molecule has 1 saturated carbocycles. The third-order valence-electron chi connectivity index (χ3n) is 5.43. The van der Waals surface area contributed by atoms with Crippen LogP contribution >= 0.6 is 35.3 Å². The van der Waals surface area contributed by atoms with E-state index >= 15 is 0 Å². The predicted octanol–water partition coefficient (Wildman–Crippen LogP) is 2.63. The number of hydrogen-bond acceptors (Lipinski definition) is 5. The Kier molecular flexibility index (Phi) is 10.5. The lowest BCUT2D eigenvalue weighted by atomic mass is 10.1. The van der Waals surface area contributed by atoms with E-state index in [0.717, 1.165) is 57.8 Å². The zero-order valence-corrected chi connectivity index (χ0v) is 20.5. The third kappa shape index (κ3) is 7.12. The number of likely N-dealkylation sites (N-methyl/N-ethyl adjacent to an activating group) is 1. The molecule has 2 atom stereocenters. The summed E-state index contributed by atoms with van der Waals surface area (Å²) in [5, 5.41) is 9.19. The van der Waals surface area contributed by atoms with E-state index in [1.807, 2.05) is 11.3 Å². The molecular formula is C20H36IN5OS. The predicted molar refractivity (Wildman–Crippen MR) is 129 cm³/mol. The van der Waals surface area contributed by atoms with E-state index in [1.54, 1.807) is 0 Å². The first-order valence-electron chi connectivity index (χ1n) is 10.2. The molecule has 160 valence electrons. The highest BCUT2D eigenvalue weighted by Crippen LogP contribution is 2.34. The summed E-state index contributed by atoms with van der Waals surface area (Å²) in [6.45, 7) is 8.34. The lowest BCUT2D eigenvalue weighted by Crippen LogP contribution is -2.46. The van der Waals surface area contributed by atoms with E-state index in [2.05, 4.69) is 59.0 Å². The second-order valence-corrected chi connectivity index (χ2v) is 8.63. The zero-order chi connectivity index (χ0) is 19.1. The first-order chi connectivity index (χ1) is 13.2. The highest BCUT2D eigenvalue weighted by molar-refractivity contribution is 14.0. The molecule has 1 aliphatic heterocycles. The monoisotopic (exact) mass is 521 g/mol. The summed E-state index contributed by atoms with van der Waals surface area (Å²) in [7, 11) is 4.34. The first kappa shape index (κ1) is 23.9. The van der Waals surface area contributed by atoms with Crippen LogP contribution in [0.1, 0.15) is 30.7 Å². The van der Waals surface area contributed by atoms with Gasteiger partial charge >= 0.3 is 0 Å². The zero-order valence-electron chi connectivity index (χ0n) is 17.4. The largest absolute Gasteiger partial charge is 0.379 e. The molecular weight excluding hydrogens is 485 g/mol. The summed E-state index contributed by atoms with van der Waals surface area (Å²) in [5.41, 5.74) is 0. The molecule has 2 N–H and O–H groups in total. The second-order valence-electron chi connectivity index (χ2n) is 7.65. The van der Waals surface area contributed by atoms with Crippen LogP contribution in [0.4, 0.5) is 0 Å². The maximum atomic E-state index is 5.55. The van der Waals surface area contributed by atoms with Gasteiger partial charge in [0.05, 0.1) is 25.8 Å². The van der Waals surface area contributed by atoms with Gasteiger partial charge in [0, 0.05) is 37.1 Å². The van der Waals surface area contributed by atoms with Crippen molar-refractivity contribution in [3.05, 3.63) is 22.4 Å². The Hall–Kier alpha value is -0.420. The minimum Gasteiger partial charge on any atom is -0.379 e. The maximum Gasteiger partial charge on any atom is 0.191 e. The Morgan fingerprint density at radius 1 is 1.32 bits per heavy atom. The summed E-state index contributed by atoms with van der Waals surface area (Å²) < 4.78 is 5.55. The minimum atomic E-state index is 0. The summed E-state index contributed by atoms with van der Waals surface area (Å²) in [4.78, 5) is 11.2. The van der Waals surface area contributed by atoms with Crippen LogP contribution in [0.5, 0.6) is 0 Å². The molecule has 2 fully saturated rings. The molecule has 0 amide bonds. The van der Waals surface area contributed by atoms with Gasteiger partial charge in [0.2, 0.25) is 0 Å². The fraction of sp³-hybridized carbons (Fsp3) is 0.750. The van der Waals surface area contributed by atoms with Crippen LogP contribution in [0.3, 0.4) is 0 Å². The van der Waals surface area contributed by atoms with Gasteiger partial charge in [0.25, 0.3) is 0 Å². The quantitative estimate of drug-likeness (QED) is 0.298. The van der Waals surface area contributed by atoms with Gasteiger partial charge in [-0.1, -0.05) is 6.07 Å². The second kappa shape index (κ2) is 12.3. The number of ether oxygens (including phenoxy) is 1. The third-order valence-corrected chi connectivity index (χ3v) is 6.40. The molecule has 3 rings (SSSR count). The van der Waals surface area contributed by atoms with Gasteiger partial charge in [-0.15, -0.1) is 35.3 Å². The Bertz CT molecular complexity index is 571. The van der Waals surface area contributed by atoms with Gasteiger partial charge in [0.1, 0.15) is 0 Å². The number of rotatable bonds is 9. The standard InChI is InChI=1S/C20H35N5OS.HI/c1-4-21-20(22-14-17(24(2)3)16-7-8-16)23-15-18(19-6-5-13-27-19)25-9-11-26-12-10-25;/h5-6,13,16-18H,4,7-12,14-15H2,1-3H3,(H2,21,22,23);1H. The number of nitrogens with zero attached hydrogens (tertiary/aromatic N) is 3. The number of morpholine rings is 1. The number of aliphatic imine (C=N–C) groups is 1. The van der Waals surface area contributed by atoms with Crippen molar-refractivity contribution in [2.24, 2.45) is 10.9 Å². The topological polar surface area (TPSA) is 52.1 Å². The van der Waals surface area contributed by atoms with Crippen molar-refractivity contribution in [1.82, 2.24) is 20.4 Å². The number of thiophene rings is 1. The van der Waals surface area contributed by atoms with Crippen molar-refractivity contribution in [3.8, 4) is 0 Å². The van der Waals surface area contributed by atoms with E-state index in [4.69, 9.17) is 9.73 Å². The fourth-order valence-electron chi connectivity index (χ4n) is 3.71. The average molecular weight is 522 g/mol. The molecule has 1 saturated heterocycles. The molecule has 1 aliphatic carbocycles. The summed E-state index contributed by atoms with van der Waals surface area (Å²) >= 11 is 1.83. The Morgan fingerprint density at radius 2 is 2.07 bits per heavy atom. The molecule has 2 heterocycles. The molecule has 0 radical (unpaired) electrons. The van der Waals surface area contributed by atoms with Gasteiger partial charge in [-0.2, -0.15) is 0 Å². The highest BCUT2D eigenvalue weighted by Gasteiger charge is 2.32. The number of hydrogen-bond donors (Lipinski definition) is 2. The molecule has 1 aromatic rings. The van der Waals surface area contributed by atoms with Crippen molar-refractivity contribution in [2.75, 3.05) is 60.0 Å². The molecule has 2 aliphatic rings. The molecule has 28 heavy (non-hydrogen) atoms. The van der Waals surface area contributed by atoms with Crippen LogP contribution in [0.25, 0.3) is 0 Å². The number of guanidine groups is 1. The lowest BCUT2D eigenvalue weighted by Gasteiger charge is -2.34. The molecule has 0 spiro atoms. The molecule has 2 unspecified atom stereocenters. The van der Waals surface area contributed by atoms with Gasteiger partial charge < -0.3 is 20.3 Å². The lowest BCUT2D eigenvalue weighted by molar-refractivity contribution is 0.0177. The molecule has 6 nitrogen and oxygen atoms in total. The molecule has 0 bridgehead atoms. The Morgan fingerprint density at radius 3 is 2.64 bits per heavy atom. The average Bonchev–Trinajstić information content (AvgIpc) is 3.36. The van der Waals surface area contributed by atoms with Gasteiger partial charge in [-0.25, -0.2) is 0 Å². The van der Waals surface area contributed by atoms with Crippen molar-refractivity contribution in [3.63, 3.8) is 0 Å². The Labute approximate surface area is 191 Å². The van der Waals surface area contributed by atoms with Crippen LogP contribution in [0, 0.1) is 5.92 Å². The molecule has 1 aromatic heterocycles. The van der Waals surface area contributed by atoms with Crippen LogP contribution in [0.15, 0.2) is 22.5 Å². The van der Waals surface area contributed by atoms with E-state index in [9.17, 15) is 0 Å². The van der Waals surface area contributed by atoms with Crippen molar-refractivity contribution in [2.45, 2.75) is 31.8 Å². The minimum absolute atomic E-state index is 0. The summed E-state index contributed by atoms with van der Waals surface area (Å²) in [6, 6.07) is 5.30. The molecule has 8 heteroatoms. The van der Waals surface area contributed by atoms with E-state index in [1.165, 1.54) is 17.7 Å². The van der Waals surface area contributed by atoms with Gasteiger partial charge in [-0.05, 0) is 51.2 Å². The van der Waals surface area contributed by atoms with Crippen molar-refractivity contribution < 1.29 is 4.74 Å². The normalized spacial score (nSPS) is 20.5. The van der Waals surface area contributed by atoms with Gasteiger partial charge in [-0.3, -0.25) is 9.89 Å². The van der Waals surface area contributed by atoms with E-state index in [0.29, 0.717) is 12.1 Å². The number of halogens is 1. The van der Waals surface area contributed by atoms with E-state index in [-0.39, 0.29) is 24.0 Å². The van der Waals surface area contributed by atoms with Gasteiger partial charge in [0.15, 0.2) is 5.96 Å². The van der Waals surface area contributed by atoms with Crippen molar-refractivity contribution in [1.29, 1.82) is 0 Å². The van der Waals surface area contributed by atoms with E-state index < -0.39 is 0 Å². The van der Waals surface area contributed by atoms with Crippen LogP contribution < -0.4 is 10.6 Å². The van der Waals surface area contributed by atoms with Crippen molar-refractivity contribution >= 4 is 41.3 Å². The summed E-state index contributed by atoms with van der Waals surface area (Å²) in [5.74, 6) is 1.75. The van der Waals surface area contributed by atoms with Crippen LogP contribution in [-0.4, -0.2) is 81.8 Å². The SMILES string of the molecule is CCNC(=NCC(C1CC1)N(C)C)NCC(c1cccs1)N1CCOCC1.I. The fourth-order valence-corrected chi connectivity index (χ4v) is 4.58. The summed E-state index contributed by atoms with van der Waals surface area (Å²) in [6.07, 6.45) is 2.69. The Balaban J connectivity index is 0.00000280. The molecule has 0 aromatic carbocycles. The van der Waals surface area contributed by atoms with Crippen LogP contribution in [-0.2, 0) is 4.74 Å². The number of nitrogens with one attached hydrogen (secondary N) is 2. The maximum absolute atomic E-state index is 5.55. The highest BCUT2D eigenvalue weighted by atomic mass is 127. The smallest absolute Gasteiger partial charge is 0.191 e. The first-order valence-corrected chi connectivity index (χ1v) is 11.1.